The van der Waals surface area contributed by atoms with E-state index in [0.29, 0.717) is 12.1 Å². The van der Waals surface area contributed by atoms with Crippen LogP contribution in [0.25, 0.3) is 33.6 Å². The minimum atomic E-state index is 0.387. The predicted molar refractivity (Wildman–Crippen MR) is 127 cm³/mol. The third kappa shape index (κ3) is 3.76. The summed E-state index contributed by atoms with van der Waals surface area (Å²) in [6.07, 6.45) is 4.77. The van der Waals surface area contributed by atoms with Crippen molar-refractivity contribution in [3.8, 4) is 33.6 Å². The second-order valence-electron chi connectivity index (χ2n) is 8.87. The summed E-state index contributed by atoms with van der Waals surface area (Å²) < 4.78 is 0. The Kier molecular flexibility index (Phi) is 5.09. The maximum absolute atomic E-state index is 4.52. The Morgan fingerprint density at radius 3 is 1.34 bits per heavy atom. The van der Waals surface area contributed by atoms with Crippen molar-refractivity contribution in [2.24, 2.45) is 0 Å². The summed E-state index contributed by atoms with van der Waals surface area (Å²) in [4.78, 5) is 0. The molecule has 6 rings (SSSR count). The van der Waals surface area contributed by atoms with Gasteiger partial charge < -0.3 is 10.6 Å². The highest BCUT2D eigenvalue weighted by Gasteiger charge is 2.20. The van der Waals surface area contributed by atoms with Gasteiger partial charge in [-0.25, -0.2) is 0 Å². The third-order valence-electron chi connectivity index (χ3n) is 6.76. The zero-order valence-electron chi connectivity index (χ0n) is 18.1. The van der Waals surface area contributed by atoms with Crippen LogP contribution in [-0.2, 0) is 0 Å². The summed E-state index contributed by atoms with van der Waals surface area (Å²) in [5.74, 6) is 0. The minimum Gasteiger partial charge on any atom is -0.309 e. The molecule has 0 aliphatic carbocycles. The van der Waals surface area contributed by atoms with Gasteiger partial charge in [-0.2, -0.15) is 10.2 Å². The lowest BCUT2D eigenvalue weighted by Gasteiger charge is -2.06. The molecule has 2 fully saturated rings. The van der Waals surface area contributed by atoms with E-state index in [0.717, 1.165) is 59.8 Å². The molecule has 162 valence electrons. The molecule has 0 amide bonds. The Labute approximate surface area is 187 Å². The Balaban J connectivity index is 1.17. The maximum atomic E-state index is 4.52. The lowest BCUT2D eigenvalue weighted by Crippen LogP contribution is -2.12. The van der Waals surface area contributed by atoms with Crippen molar-refractivity contribution >= 4 is 0 Å². The van der Waals surface area contributed by atoms with Crippen molar-refractivity contribution in [1.29, 1.82) is 0 Å². The number of H-pyrrole nitrogens is 2. The van der Waals surface area contributed by atoms with Gasteiger partial charge in [0.15, 0.2) is 0 Å². The van der Waals surface area contributed by atoms with E-state index in [2.05, 4.69) is 91.7 Å². The number of rotatable bonds is 5. The van der Waals surface area contributed by atoms with Gasteiger partial charge in [0, 0.05) is 0 Å². The van der Waals surface area contributed by atoms with Crippen LogP contribution in [0.3, 0.4) is 0 Å². The number of aromatic nitrogens is 4. The van der Waals surface area contributed by atoms with Gasteiger partial charge in [-0.1, -0.05) is 48.5 Å². The van der Waals surface area contributed by atoms with Gasteiger partial charge in [0.2, 0.25) is 0 Å². The minimum absolute atomic E-state index is 0.387. The number of hydrogen-bond acceptors (Lipinski definition) is 4. The fraction of sp³-hybridized carbons (Fsp3) is 0.308. The monoisotopic (exact) mass is 424 g/mol. The molecule has 0 unspecified atom stereocenters. The van der Waals surface area contributed by atoms with Crippen molar-refractivity contribution in [2.75, 3.05) is 13.1 Å². The number of nitrogens with one attached hydrogen (secondary N) is 4. The second-order valence-corrected chi connectivity index (χ2v) is 8.87. The average Bonchev–Trinajstić information content (AvgIpc) is 3.66. The van der Waals surface area contributed by atoms with Crippen molar-refractivity contribution in [3.05, 3.63) is 72.1 Å². The first-order valence-corrected chi connectivity index (χ1v) is 11.6. The number of nitrogens with zero attached hydrogens (tertiary/aromatic N) is 2. The molecule has 4 N–H and O–H groups in total. The van der Waals surface area contributed by atoms with Gasteiger partial charge in [0.05, 0.1) is 34.9 Å². The van der Waals surface area contributed by atoms with Gasteiger partial charge in [-0.05, 0) is 73.2 Å². The molecule has 0 radical (unpaired) electrons. The SMILES string of the molecule is c1cc(-c2cc([C@@H]3CCCN3)n[nH]2)ccc1-c1ccc(-c2cc([C@@H]3CCCN3)n[nH]2)cc1. The lowest BCUT2D eigenvalue weighted by molar-refractivity contribution is 0.625. The van der Waals surface area contributed by atoms with Crippen molar-refractivity contribution in [1.82, 2.24) is 31.0 Å². The van der Waals surface area contributed by atoms with E-state index < -0.39 is 0 Å². The molecule has 0 saturated carbocycles. The summed E-state index contributed by atoms with van der Waals surface area (Å²) in [7, 11) is 0. The van der Waals surface area contributed by atoms with E-state index in [4.69, 9.17) is 0 Å². The molecule has 6 nitrogen and oxygen atoms in total. The van der Waals surface area contributed by atoms with Gasteiger partial charge in [-0.15, -0.1) is 0 Å². The number of hydrogen-bond donors (Lipinski definition) is 4. The van der Waals surface area contributed by atoms with Crippen LogP contribution in [0.15, 0.2) is 60.7 Å². The van der Waals surface area contributed by atoms with E-state index in [9.17, 15) is 0 Å². The Morgan fingerprint density at radius 1 is 0.562 bits per heavy atom. The molecular formula is C26H28N6. The van der Waals surface area contributed by atoms with E-state index >= 15 is 0 Å². The van der Waals surface area contributed by atoms with Gasteiger partial charge in [0.25, 0.3) is 0 Å². The topological polar surface area (TPSA) is 81.4 Å². The normalized spacial score (nSPS) is 20.8. The van der Waals surface area contributed by atoms with Gasteiger partial charge in [-0.3, -0.25) is 10.2 Å². The average molecular weight is 425 g/mol. The van der Waals surface area contributed by atoms with Gasteiger partial charge >= 0.3 is 0 Å². The smallest absolute Gasteiger partial charge is 0.0798 e. The van der Waals surface area contributed by atoms with Crippen molar-refractivity contribution in [2.45, 2.75) is 37.8 Å². The molecular weight excluding hydrogens is 396 g/mol. The summed E-state index contributed by atoms with van der Waals surface area (Å²) in [6, 6.07) is 22.5. The first-order valence-electron chi connectivity index (χ1n) is 11.6. The maximum Gasteiger partial charge on any atom is 0.0798 e. The van der Waals surface area contributed by atoms with Crippen molar-refractivity contribution in [3.63, 3.8) is 0 Å². The molecule has 2 saturated heterocycles. The summed E-state index contributed by atoms with van der Waals surface area (Å²) in [5.41, 5.74) is 9.10. The number of aromatic amines is 2. The number of benzene rings is 2. The first-order chi connectivity index (χ1) is 15.8. The Bertz CT molecular complexity index is 1080. The van der Waals surface area contributed by atoms with Crippen molar-refractivity contribution < 1.29 is 0 Å². The summed E-state index contributed by atoms with van der Waals surface area (Å²) in [6.45, 7) is 2.17. The second kappa shape index (κ2) is 8.37. The molecule has 2 atom stereocenters. The standard InChI is InChI=1S/C26H28N6/c1-3-21(27-13-1)25-15-23(29-31-25)19-9-5-17(6-10-19)18-7-11-20(12-8-18)24-16-26(32-30-24)22-4-2-14-28-22/h5-12,15-16,21-22,27-28H,1-4,13-14H2,(H,29,31)(H,30,32)/t21-,22-/m0/s1. The predicted octanol–water partition coefficient (Wildman–Crippen LogP) is 4.98. The first kappa shape index (κ1) is 19.5. The molecule has 0 bridgehead atoms. The van der Waals surface area contributed by atoms with Crippen LogP contribution in [0.2, 0.25) is 0 Å². The molecule has 2 aromatic carbocycles. The Hall–Kier alpha value is -3.22. The molecule has 2 aliphatic rings. The van der Waals surface area contributed by atoms with Crippen LogP contribution in [0, 0.1) is 0 Å². The lowest BCUT2D eigenvalue weighted by atomic mass is 10.0. The van der Waals surface area contributed by atoms with E-state index in [-0.39, 0.29) is 0 Å². The van der Waals surface area contributed by atoms with E-state index in [1.54, 1.807) is 0 Å². The molecule has 32 heavy (non-hydrogen) atoms. The zero-order chi connectivity index (χ0) is 21.3. The molecule has 2 aromatic heterocycles. The third-order valence-corrected chi connectivity index (χ3v) is 6.76. The highest BCUT2D eigenvalue weighted by Crippen LogP contribution is 2.30. The van der Waals surface area contributed by atoms with Crippen LogP contribution >= 0.6 is 0 Å². The van der Waals surface area contributed by atoms with Crippen LogP contribution in [0.4, 0.5) is 0 Å². The highest BCUT2D eigenvalue weighted by atomic mass is 15.1. The fourth-order valence-corrected chi connectivity index (χ4v) is 4.89. The summed E-state index contributed by atoms with van der Waals surface area (Å²) >= 11 is 0. The van der Waals surface area contributed by atoms with Crippen LogP contribution in [-0.4, -0.2) is 33.5 Å². The summed E-state index contributed by atoms with van der Waals surface area (Å²) in [5, 5.41) is 22.5. The van der Waals surface area contributed by atoms with E-state index in [1.807, 2.05) is 0 Å². The largest absolute Gasteiger partial charge is 0.309 e. The molecule has 6 heteroatoms. The van der Waals surface area contributed by atoms with Gasteiger partial charge in [0.1, 0.15) is 0 Å². The fourth-order valence-electron chi connectivity index (χ4n) is 4.89. The zero-order valence-corrected chi connectivity index (χ0v) is 18.1. The van der Waals surface area contributed by atoms with E-state index in [1.165, 1.54) is 24.0 Å². The quantitative estimate of drug-likeness (QED) is 0.364. The molecule has 4 aromatic rings. The molecule has 0 spiro atoms. The Morgan fingerprint density at radius 2 is 0.969 bits per heavy atom. The molecule has 2 aliphatic heterocycles. The van der Waals surface area contributed by atoms with Crippen LogP contribution in [0.1, 0.15) is 49.2 Å². The molecule has 4 heterocycles. The van der Waals surface area contributed by atoms with Crippen LogP contribution < -0.4 is 10.6 Å². The highest BCUT2D eigenvalue weighted by molar-refractivity contribution is 5.71. The van der Waals surface area contributed by atoms with Crippen LogP contribution in [0.5, 0.6) is 0 Å².